The summed E-state index contributed by atoms with van der Waals surface area (Å²) < 4.78 is 33.5. The first-order valence-corrected chi connectivity index (χ1v) is 6.44. The van der Waals surface area contributed by atoms with Crippen molar-refractivity contribution in [2.45, 2.75) is 19.1 Å². The highest BCUT2D eigenvalue weighted by molar-refractivity contribution is 5.32. The first-order valence-electron chi connectivity index (χ1n) is 6.44. The largest absolute Gasteiger partial charge is 0.497 e. The van der Waals surface area contributed by atoms with E-state index >= 15 is 0 Å². The van der Waals surface area contributed by atoms with Crippen molar-refractivity contribution < 1.29 is 23.4 Å². The number of hydrogen-bond donors (Lipinski definition) is 1. The zero-order valence-electron chi connectivity index (χ0n) is 11.5. The fraction of sp³-hybridized carbons (Fsp3) is 0.250. The van der Waals surface area contributed by atoms with Crippen LogP contribution in [0.15, 0.2) is 48.5 Å². The van der Waals surface area contributed by atoms with Gasteiger partial charge in [-0.3, -0.25) is 0 Å². The maximum Gasteiger partial charge on any atom is 0.387 e. The van der Waals surface area contributed by atoms with Crippen LogP contribution in [0.5, 0.6) is 11.5 Å². The summed E-state index contributed by atoms with van der Waals surface area (Å²) in [6.07, 6.45) is -0.315. The number of halogens is 2. The molecule has 0 fully saturated rings. The zero-order valence-corrected chi connectivity index (χ0v) is 11.5. The minimum atomic E-state index is -2.85. The number of alkyl halides is 2. The van der Waals surface area contributed by atoms with Crippen molar-refractivity contribution >= 4 is 0 Å². The standard InChI is InChI=1S/C16H16F2O3/c1-20-14-4-2-3-11(9-14)10-15(19)12-5-7-13(8-6-12)21-16(17)18/h2-9,15-16,19H,10H2,1H3. The lowest BCUT2D eigenvalue weighted by molar-refractivity contribution is -0.0498. The second-order valence-electron chi connectivity index (χ2n) is 4.52. The number of rotatable bonds is 6. The Morgan fingerprint density at radius 1 is 1.05 bits per heavy atom. The molecule has 0 amide bonds. The molecular weight excluding hydrogens is 278 g/mol. The number of methoxy groups -OCH3 is 1. The first kappa shape index (κ1) is 15.3. The molecule has 0 bridgehead atoms. The Balaban J connectivity index is 2.03. The molecule has 0 saturated heterocycles. The molecule has 1 atom stereocenters. The van der Waals surface area contributed by atoms with E-state index in [1.165, 1.54) is 12.1 Å². The molecule has 3 nitrogen and oxygen atoms in total. The zero-order chi connectivity index (χ0) is 15.2. The molecule has 2 aromatic rings. The highest BCUT2D eigenvalue weighted by Gasteiger charge is 2.10. The van der Waals surface area contributed by atoms with Gasteiger partial charge in [0.15, 0.2) is 0 Å². The van der Waals surface area contributed by atoms with E-state index in [1.54, 1.807) is 19.2 Å². The van der Waals surface area contributed by atoms with Crippen LogP contribution in [0.1, 0.15) is 17.2 Å². The molecule has 0 radical (unpaired) electrons. The van der Waals surface area contributed by atoms with Gasteiger partial charge < -0.3 is 14.6 Å². The number of ether oxygens (including phenoxy) is 2. The number of benzene rings is 2. The Hall–Kier alpha value is -2.14. The van der Waals surface area contributed by atoms with Crippen molar-refractivity contribution in [3.63, 3.8) is 0 Å². The topological polar surface area (TPSA) is 38.7 Å². The van der Waals surface area contributed by atoms with E-state index in [0.717, 1.165) is 11.3 Å². The van der Waals surface area contributed by atoms with Crippen LogP contribution < -0.4 is 9.47 Å². The van der Waals surface area contributed by atoms with Crippen LogP contribution in [0.25, 0.3) is 0 Å². The van der Waals surface area contributed by atoms with Gasteiger partial charge >= 0.3 is 6.61 Å². The number of aliphatic hydroxyl groups is 1. The van der Waals surface area contributed by atoms with Gasteiger partial charge in [0.2, 0.25) is 0 Å². The lowest BCUT2D eigenvalue weighted by Crippen LogP contribution is -2.04. The van der Waals surface area contributed by atoms with Crippen molar-refractivity contribution in [3.8, 4) is 11.5 Å². The molecule has 21 heavy (non-hydrogen) atoms. The lowest BCUT2D eigenvalue weighted by atomic mass is 10.0. The van der Waals surface area contributed by atoms with Crippen LogP contribution in [0.2, 0.25) is 0 Å². The highest BCUT2D eigenvalue weighted by Crippen LogP contribution is 2.23. The number of hydrogen-bond acceptors (Lipinski definition) is 3. The van der Waals surface area contributed by atoms with E-state index in [2.05, 4.69) is 4.74 Å². The summed E-state index contributed by atoms with van der Waals surface area (Å²) in [5.74, 6) is 0.794. The van der Waals surface area contributed by atoms with Gasteiger partial charge in [-0.1, -0.05) is 24.3 Å². The van der Waals surface area contributed by atoms with Crippen molar-refractivity contribution in [1.29, 1.82) is 0 Å². The molecule has 0 spiro atoms. The van der Waals surface area contributed by atoms with Crippen LogP contribution in [0, 0.1) is 0 Å². The third kappa shape index (κ3) is 4.43. The van der Waals surface area contributed by atoms with Gasteiger partial charge in [-0.25, -0.2) is 0 Å². The van der Waals surface area contributed by atoms with E-state index in [4.69, 9.17) is 4.74 Å². The van der Waals surface area contributed by atoms with Crippen LogP contribution in [-0.4, -0.2) is 18.8 Å². The number of aliphatic hydroxyl groups excluding tert-OH is 1. The Morgan fingerprint density at radius 2 is 1.76 bits per heavy atom. The second kappa shape index (κ2) is 7.04. The summed E-state index contributed by atoms with van der Waals surface area (Å²) >= 11 is 0. The summed E-state index contributed by atoms with van der Waals surface area (Å²) in [7, 11) is 1.58. The Kier molecular flexibility index (Phi) is 5.11. The average Bonchev–Trinajstić information content (AvgIpc) is 2.47. The summed E-state index contributed by atoms with van der Waals surface area (Å²) in [6.45, 7) is -2.85. The van der Waals surface area contributed by atoms with E-state index in [-0.39, 0.29) is 5.75 Å². The van der Waals surface area contributed by atoms with Crippen molar-refractivity contribution in [2.24, 2.45) is 0 Å². The Bertz CT molecular complexity index is 570. The van der Waals surface area contributed by atoms with Gasteiger partial charge in [0.25, 0.3) is 0 Å². The molecule has 0 aliphatic carbocycles. The van der Waals surface area contributed by atoms with Crippen LogP contribution in [-0.2, 0) is 6.42 Å². The third-order valence-electron chi connectivity index (χ3n) is 3.05. The van der Waals surface area contributed by atoms with Crippen molar-refractivity contribution in [3.05, 3.63) is 59.7 Å². The van der Waals surface area contributed by atoms with E-state index in [1.807, 2.05) is 24.3 Å². The van der Waals surface area contributed by atoms with Crippen LogP contribution >= 0.6 is 0 Å². The van der Waals surface area contributed by atoms with Crippen molar-refractivity contribution in [2.75, 3.05) is 7.11 Å². The summed E-state index contributed by atoms with van der Waals surface area (Å²) in [5.41, 5.74) is 1.56. The maximum atomic E-state index is 12.1. The molecule has 2 aromatic carbocycles. The first-order chi connectivity index (χ1) is 10.1. The maximum absolute atomic E-state index is 12.1. The van der Waals surface area contributed by atoms with Crippen LogP contribution in [0.3, 0.4) is 0 Å². The fourth-order valence-electron chi connectivity index (χ4n) is 2.01. The predicted octanol–water partition coefficient (Wildman–Crippen LogP) is 3.57. The lowest BCUT2D eigenvalue weighted by Gasteiger charge is -2.13. The quantitative estimate of drug-likeness (QED) is 0.885. The van der Waals surface area contributed by atoms with E-state index in [0.29, 0.717) is 12.0 Å². The van der Waals surface area contributed by atoms with Gasteiger partial charge in [0.05, 0.1) is 13.2 Å². The minimum Gasteiger partial charge on any atom is -0.497 e. The third-order valence-corrected chi connectivity index (χ3v) is 3.05. The SMILES string of the molecule is COc1cccc(CC(O)c2ccc(OC(F)F)cc2)c1. The van der Waals surface area contributed by atoms with Crippen molar-refractivity contribution in [1.82, 2.24) is 0 Å². The fourth-order valence-corrected chi connectivity index (χ4v) is 2.01. The van der Waals surface area contributed by atoms with E-state index < -0.39 is 12.7 Å². The van der Waals surface area contributed by atoms with Gasteiger partial charge in [-0.2, -0.15) is 8.78 Å². The molecule has 2 rings (SSSR count). The second-order valence-corrected chi connectivity index (χ2v) is 4.52. The molecule has 0 saturated carbocycles. The smallest absolute Gasteiger partial charge is 0.387 e. The summed E-state index contributed by atoms with van der Waals surface area (Å²) in [4.78, 5) is 0. The van der Waals surface area contributed by atoms with Gasteiger partial charge in [-0.05, 0) is 35.4 Å². The molecule has 0 aliphatic rings. The average molecular weight is 294 g/mol. The van der Waals surface area contributed by atoms with Gasteiger partial charge in [0, 0.05) is 6.42 Å². The molecule has 5 heteroatoms. The molecule has 0 heterocycles. The van der Waals surface area contributed by atoms with Gasteiger partial charge in [-0.15, -0.1) is 0 Å². The van der Waals surface area contributed by atoms with Crippen LogP contribution in [0.4, 0.5) is 8.78 Å². The van der Waals surface area contributed by atoms with Gasteiger partial charge in [0.1, 0.15) is 11.5 Å². The summed E-state index contributed by atoms with van der Waals surface area (Å²) in [5, 5.41) is 10.2. The molecular formula is C16H16F2O3. The minimum absolute atomic E-state index is 0.0716. The Labute approximate surface area is 121 Å². The molecule has 0 aliphatic heterocycles. The normalized spacial score (nSPS) is 12.2. The molecule has 112 valence electrons. The highest BCUT2D eigenvalue weighted by atomic mass is 19.3. The molecule has 0 aromatic heterocycles. The van der Waals surface area contributed by atoms with E-state index in [9.17, 15) is 13.9 Å². The molecule has 1 unspecified atom stereocenters. The predicted molar refractivity (Wildman–Crippen MR) is 74.7 cm³/mol. The Morgan fingerprint density at radius 3 is 2.38 bits per heavy atom. The summed E-state index contributed by atoms with van der Waals surface area (Å²) in [6, 6.07) is 13.4. The molecule has 1 N–H and O–H groups in total. The monoisotopic (exact) mass is 294 g/mol.